The number of hydrogen-bond acceptors (Lipinski definition) is 18. The van der Waals surface area contributed by atoms with E-state index in [9.17, 15) is 60.7 Å². The first-order valence-electron chi connectivity index (χ1n) is 6.97. The molecule has 0 fully saturated rings. The first-order valence-corrected chi connectivity index (χ1v) is 6.97. The van der Waals surface area contributed by atoms with Crippen molar-refractivity contribution < 1.29 is 29.5 Å². The molecule has 2 rings (SSSR count). The highest BCUT2D eigenvalue weighted by molar-refractivity contribution is 5.17. The molecule has 0 saturated carbocycles. The third-order valence-electron chi connectivity index (χ3n) is 3.34. The van der Waals surface area contributed by atoms with Crippen molar-refractivity contribution >= 4 is 11.9 Å². The number of nitrogens with one attached hydrogen (secondary N) is 2. The summed E-state index contributed by atoms with van der Waals surface area (Å²) in [6.07, 6.45) is 0. The van der Waals surface area contributed by atoms with Crippen molar-refractivity contribution in [1.29, 1.82) is 0 Å². The lowest BCUT2D eigenvalue weighted by Crippen LogP contribution is -2.51. The summed E-state index contributed by atoms with van der Waals surface area (Å²) in [6, 6.07) is 0. The van der Waals surface area contributed by atoms with Crippen LogP contribution in [0.25, 0.3) is 0 Å². The summed E-state index contributed by atoms with van der Waals surface area (Å²) < 4.78 is 0. The maximum Gasteiger partial charge on any atom is 0.762 e. The van der Waals surface area contributed by atoms with Crippen molar-refractivity contribution in [2.24, 2.45) is 10.2 Å². The number of nitro groups is 6. The van der Waals surface area contributed by atoms with Gasteiger partial charge in [0.1, 0.15) is 0 Å². The molecule has 2 N–H and O–H groups in total. The number of aromatic nitrogens is 6. The molecule has 26 heteroatoms. The molecule has 0 saturated heterocycles. The van der Waals surface area contributed by atoms with Crippen LogP contribution in [0.1, 0.15) is 11.6 Å². The number of hydrogen-bond donors (Lipinski definition) is 2. The summed E-state index contributed by atoms with van der Waals surface area (Å²) in [5.41, 5.74) is 0. The van der Waals surface area contributed by atoms with E-state index >= 15 is 0 Å². The fraction of sp³-hybridized carbons (Fsp3) is 0.333. The van der Waals surface area contributed by atoms with Gasteiger partial charge in [0, 0.05) is 0 Å². The Morgan fingerprint density at radius 2 is 0.812 bits per heavy atom. The number of H-pyrrole nitrogens is 2. The quantitative estimate of drug-likeness (QED) is 0.170. The summed E-state index contributed by atoms with van der Waals surface area (Å²) in [4.78, 5) is 60.5. The molecule has 0 bridgehead atoms. The minimum absolute atomic E-state index is 1.01. The van der Waals surface area contributed by atoms with E-state index in [1.807, 2.05) is 0 Å². The van der Waals surface area contributed by atoms with Crippen LogP contribution in [0, 0.1) is 60.7 Å². The molecule has 0 amide bonds. The van der Waals surface area contributed by atoms with E-state index in [4.69, 9.17) is 0 Å². The predicted molar refractivity (Wildman–Crippen MR) is 82.3 cm³/mol. The van der Waals surface area contributed by atoms with Crippen molar-refractivity contribution in [1.82, 2.24) is 30.4 Å². The van der Waals surface area contributed by atoms with Gasteiger partial charge < -0.3 is 0 Å². The molecule has 0 unspecified atom stereocenters. The van der Waals surface area contributed by atoms with Gasteiger partial charge in [-0.1, -0.05) is 0 Å². The molecule has 0 atom stereocenters. The van der Waals surface area contributed by atoms with Gasteiger partial charge in [0.2, 0.25) is 0 Å². The van der Waals surface area contributed by atoms with Crippen LogP contribution in [0.5, 0.6) is 0 Å². The monoisotopic (exact) mass is 462 g/mol. The highest BCUT2D eigenvalue weighted by Crippen LogP contribution is 2.26. The van der Waals surface area contributed by atoms with Crippen LogP contribution < -0.4 is 0 Å². The second-order valence-corrected chi connectivity index (χ2v) is 4.98. The van der Waals surface area contributed by atoms with E-state index in [2.05, 4.69) is 30.4 Å². The summed E-state index contributed by atoms with van der Waals surface area (Å²) in [5.74, 6) is -13.4. The van der Waals surface area contributed by atoms with E-state index in [1.165, 1.54) is 0 Å². The Balaban J connectivity index is 2.44. The normalized spacial score (nSPS) is 11.9. The fourth-order valence-electron chi connectivity index (χ4n) is 1.90. The van der Waals surface area contributed by atoms with Crippen LogP contribution in [-0.2, 0) is 11.6 Å². The smallest absolute Gasteiger partial charge is 0.252 e. The van der Waals surface area contributed by atoms with Crippen LogP contribution in [0.15, 0.2) is 10.2 Å². The molecule has 0 aliphatic carbocycles. The van der Waals surface area contributed by atoms with Gasteiger partial charge in [0.15, 0.2) is 29.5 Å². The van der Waals surface area contributed by atoms with E-state index in [0.29, 0.717) is 0 Å². The molecular formula is C6H2N14O12. The Hall–Kier alpha value is -5.72. The van der Waals surface area contributed by atoms with Crippen molar-refractivity contribution in [2.75, 3.05) is 0 Å². The van der Waals surface area contributed by atoms with Crippen LogP contribution in [-0.4, -0.2) is 59.9 Å². The van der Waals surface area contributed by atoms with Gasteiger partial charge in [-0.2, -0.15) is 9.97 Å². The highest BCUT2D eigenvalue weighted by atomic mass is 16.7. The van der Waals surface area contributed by atoms with Crippen LogP contribution >= 0.6 is 0 Å². The number of azo groups is 1. The van der Waals surface area contributed by atoms with Crippen molar-refractivity contribution in [2.45, 2.75) is 11.6 Å². The second-order valence-electron chi connectivity index (χ2n) is 4.98. The van der Waals surface area contributed by atoms with E-state index in [-0.39, 0.29) is 0 Å². The van der Waals surface area contributed by atoms with Crippen molar-refractivity contribution in [3.05, 3.63) is 72.3 Å². The van der Waals surface area contributed by atoms with Gasteiger partial charge in [0.05, 0.1) is 0 Å². The Labute approximate surface area is 167 Å². The van der Waals surface area contributed by atoms with Crippen molar-refractivity contribution in [3.8, 4) is 0 Å². The molecule has 2 heterocycles. The lowest BCUT2D eigenvalue weighted by atomic mass is 10.3. The molecule has 32 heavy (non-hydrogen) atoms. The molecule has 26 nitrogen and oxygen atoms in total. The Bertz CT molecular complexity index is 1010. The third-order valence-corrected chi connectivity index (χ3v) is 3.34. The zero-order valence-corrected chi connectivity index (χ0v) is 14.3. The van der Waals surface area contributed by atoms with Gasteiger partial charge in [0.25, 0.3) is 11.9 Å². The first kappa shape index (κ1) is 22.6. The SMILES string of the molecule is O=[N+]([O-])C(c1nc(/N=N/c2n[nH]c(C([N+](=O)[O-])([N+](=O)[O-])[N+](=O)[O-])n2)n[nH]1)([N+](=O)[O-])[N+](=O)[O-]. The average molecular weight is 462 g/mol. The second kappa shape index (κ2) is 7.60. The topological polar surface area (TPSA) is 367 Å². The first-order chi connectivity index (χ1) is 14.8. The Morgan fingerprint density at radius 3 is 1.03 bits per heavy atom. The molecular weight excluding hydrogens is 460 g/mol. The maximum absolute atomic E-state index is 10.9. The van der Waals surface area contributed by atoms with E-state index < -0.39 is 64.7 Å². The number of aromatic amines is 2. The molecule has 0 spiro atoms. The van der Waals surface area contributed by atoms with Gasteiger partial charge in [-0.05, 0) is 0 Å². The third kappa shape index (κ3) is 3.09. The molecule has 0 aliphatic heterocycles. The van der Waals surface area contributed by atoms with E-state index in [0.717, 1.165) is 0 Å². The summed E-state index contributed by atoms with van der Waals surface area (Å²) in [5, 5.41) is 81.1. The number of nitrogens with zero attached hydrogens (tertiary/aromatic N) is 12. The Kier molecular flexibility index (Phi) is 5.36. The average Bonchev–Trinajstić information content (AvgIpc) is 3.29. The highest BCUT2D eigenvalue weighted by Gasteiger charge is 2.77. The molecule has 168 valence electrons. The van der Waals surface area contributed by atoms with Crippen LogP contribution in [0.2, 0.25) is 0 Å². The fourth-order valence-corrected chi connectivity index (χ4v) is 1.90. The maximum atomic E-state index is 10.9. The molecule has 2 aromatic heterocycles. The van der Waals surface area contributed by atoms with Crippen LogP contribution in [0.3, 0.4) is 0 Å². The molecule has 2 aromatic rings. The largest absolute Gasteiger partial charge is 0.762 e. The van der Waals surface area contributed by atoms with Gasteiger partial charge >= 0.3 is 23.2 Å². The predicted octanol–water partition coefficient (Wildman–Crippen LogP) is -1.78. The molecule has 0 aliphatic rings. The standard InChI is InChI=1S/C6H2N14O12/c21-15(22)5(16(23)24,17(25)26)1-7-3(11-9-1)13-14-4-8-2(10-12-4)6(18(27)28,19(29)30)20(31)32/h(H,7,9,11)(H,8,10,12)/b14-13+. The molecule has 0 radical (unpaired) electrons. The zero-order valence-electron chi connectivity index (χ0n) is 14.3. The summed E-state index contributed by atoms with van der Waals surface area (Å²) in [6.45, 7) is 0. The van der Waals surface area contributed by atoms with Crippen molar-refractivity contribution in [3.63, 3.8) is 0 Å². The lowest BCUT2D eigenvalue weighted by Gasteiger charge is -2.04. The number of rotatable bonds is 10. The summed E-state index contributed by atoms with van der Waals surface area (Å²) in [7, 11) is 0. The Morgan fingerprint density at radius 1 is 0.562 bits per heavy atom. The van der Waals surface area contributed by atoms with E-state index in [1.54, 1.807) is 10.2 Å². The summed E-state index contributed by atoms with van der Waals surface area (Å²) >= 11 is 0. The van der Waals surface area contributed by atoms with Gasteiger partial charge in [-0.3, -0.25) is 60.7 Å². The van der Waals surface area contributed by atoms with Gasteiger partial charge in [-0.25, -0.2) is 10.2 Å². The lowest BCUT2D eigenvalue weighted by molar-refractivity contribution is -0.987. The van der Waals surface area contributed by atoms with Crippen LogP contribution in [0.4, 0.5) is 11.9 Å². The molecule has 0 aromatic carbocycles. The van der Waals surface area contributed by atoms with Gasteiger partial charge in [-0.15, -0.1) is 20.4 Å². The zero-order chi connectivity index (χ0) is 24.4. The minimum atomic E-state index is -4.18. The minimum Gasteiger partial charge on any atom is -0.252 e.